The number of ether oxygens (including phenoxy) is 1. The maximum atomic E-state index is 14.2. The molecule has 1 saturated heterocycles. The molecule has 49 heavy (non-hydrogen) atoms. The van der Waals surface area contributed by atoms with Crippen molar-refractivity contribution >= 4 is 17.5 Å². The maximum Gasteiger partial charge on any atom is 0.251 e. The number of hydrogen-bond donors (Lipinski definition) is 5. The summed E-state index contributed by atoms with van der Waals surface area (Å²) in [5.74, 6) is 1.06. The van der Waals surface area contributed by atoms with E-state index < -0.39 is 24.2 Å². The number of carbonyl (C=O) groups is 2. The predicted molar refractivity (Wildman–Crippen MR) is 191 cm³/mol. The minimum atomic E-state index is -0.892. The number of aliphatic hydroxyl groups excluding tert-OH is 2. The topological polar surface area (TPSA) is 136 Å². The molecule has 1 heterocycles. The number of benzene rings is 2. The van der Waals surface area contributed by atoms with Gasteiger partial charge < -0.3 is 35.8 Å². The average Bonchev–Trinajstić information content (AvgIpc) is 3.43. The van der Waals surface area contributed by atoms with Gasteiger partial charge in [-0.15, -0.1) is 0 Å². The Morgan fingerprint density at radius 1 is 1.16 bits per heavy atom. The van der Waals surface area contributed by atoms with Crippen LogP contribution in [0.4, 0.5) is 5.69 Å². The fourth-order valence-electron chi connectivity index (χ4n) is 8.65. The fraction of sp³-hybridized carbons (Fsp3) is 0.632. The Balaban J connectivity index is 1.45. The number of nitrogens with one attached hydrogen (secondary N) is 3. The summed E-state index contributed by atoms with van der Waals surface area (Å²) in [6.45, 7) is 11.0. The van der Waals surface area contributed by atoms with Crippen molar-refractivity contribution in [1.29, 1.82) is 0 Å². The van der Waals surface area contributed by atoms with Gasteiger partial charge in [-0.05, 0) is 80.7 Å². The molecular weight excluding hydrogens is 622 g/mol. The van der Waals surface area contributed by atoms with Gasteiger partial charge in [0, 0.05) is 61.0 Å². The number of carbonyl (C=O) groups excluding carboxylic acids is 2. The predicted octanol–water partition coefficient (Wildman–Crippen LogP) is 3.43. The standard InChI is InChI=1S/C38H57N5O6/c1-21(18-39-6)40-36(46)26-13-25(14-28(15-26)42(7)8)29-12-10-11-24(35(29)48-9)19-43-34(33(23(3)45)32(20-44)49-43)37(47)41-31-17-27-16-30(22(31)2)38(27,4)5/h10-15,21-23,27,30-34,39,44-45H,16-20H2,1-9H3,(H,40,46)(H,41,47)/t21-,22+,23+,27-,30+,31+,32+,33-,34+/m1/s1. The van der Waals surface area contributed by atoms with Crippen LogP contribution in [0.1, 0.15) is 63.4 Å². The molecule has 0 radical (unpaired) electrons. The van der Waals surface area contributed by atoms with Crippen LogP contribution < -0.4 is 25.6 Å². The van der Waals surface area contributed by atoms with Gasteiger partial charge in [0.1, 0.15) is 17.9 Å². The Morgan fingerprint density at radius 2 is 1.90 bits per heavy atom. The zero-order valence-electron chi connectivity index (χ0n) is 30.6. The number of amides is 2. The van der Waals surface area contributed by atoms with E-state index in [1.165, 1.54) is 6.42 Å². The Morgan fingerprint density at radius 3 is 2.49 bits per heavy atom. The number of fused-ring (bicyclic) bond motifs is 2. The van der Waals surface area contributed by atoms with Crippen LogP contribution in [-0.2, 0) is 16.2 Å². The van der Waals surface area contributed by atoms with E-state index in [9.17, 15) is 19.8 Å². The molecule has 4 aliphatic rings. The van der Waals surface area contributed by atoms with Crippen LogP contribution in [0.15, 0.2) is 36.4 Å². The first-order chi connectivity index (χ1) is 23.2. The van der Waals surface area contributed by atoms with Crippen molar-refractivity contribution in [3.63, 3.8) is 0 Å². The first kappa shape index (κ1) is 37.0. The van der Waals surface area contributed by atoms with Gasteiger partial charge in [-0.3, -0.25) is 14.4 Å². The van der Waals surface area contributed by atoms with Crippen LogP contribution in [0, 0.1) is 29.1 Å². The molecule has 11 heteroatoms. The smallest absolute Gasteiger partial charge is 0.251 e. The molecule has 5 N–H and O–H groups in total. The third-order valence-corrected chi connectivity index (χ3v) is 11.6. The van der Waals surface area contributed by atoms with Crippen LogP contribution in [0.25, 0.3) is 11.1 Å². The molecule has 6 rings (SSSR count). The van der Waals surface area contributed by atoms with Crippen molar-refractivity contribution in [3.8, 4) is 16.9 Å². The summed E-state index contributed by atoms with van der Waals surface area (Å²) in [5.41, 5.74) is 4.02. The highest BCUT2D eigenvalue weighted by atomic mass is 16.7. The lowest BCUT2D eigenvalue weighted by molar-refractivity contribution is -0.183. The van der Waals surface area contributed by atoms with E-state index >= 15 is 0 Å². The number of aliphatic hydroxyl groups is 2. The Hall–Kier alpha value is -3.22. The summed E-state index contributed by atoms with van der Waals surface area (Å²) < 4.78 is 6.03. The van der Waals surface area contributed by atoms with E-state index in [4.69, 9.17) is 9.57 Å². The largest absolute Gasteiger partial charge is 0.496 e. The lowest BCUT2D eigenvalue weighted by Gasteiger charge is -2.62. The van der Waals surface area contributed by atoms with Crippen LogP contribution in [0.5, 0.6) is 5.75 Å². The summed E-state index contributed by atoms with van der Waals surface area (Å²) >= 11 is 0. The zero-order chi connectivity index (χ0) is 35.8. The van der Waals surface area contributed by atoms with Gasteiger partial charge >= 0.3 is 0 Å². The van der Waals surface area contributed by atoms with Crippen LogP contribution in [0.2, 0.25) is 0 Å². The number of nitrogens with zero attached hydrogens (tertiary/aromatic N) is 2. The normalized spacial score (nSPS) is 28.7. The molecule has 0 unspecified atom stereocenters. The maximum absolute atomic E-state index is 14.2. The number of para-hydroxylation sites is 1. The summed E-state index contributed by atoms with van der Waals surface area (Å²) in [4.78, 5) is 35.7. The van der Waals surface area contributed by atoms with Crippen molar-refractivity contribution < 1.29 is 29.4 Å². The highest BCUT2D eigenvalue weighted by Crippen LogP contribution is 2.61. The fourth-order valence-corrected chi connectivity index (χ4v) is 8.65. The summed E-state index contributed by atoms with van der Waals surface area (Å²) in [5, 5.41) is 32.3. The average molecular weight is 680 g/mol. The third-order valence-electron chi connectivity index (χ3n) is 11.6. The monoisotopic (exact) mass is 679 g/mol. The van der Waals surface area contributed by atoms with Crippen molar-refractivity contribution in [3.05, 3.63) is 47.5 Å². The zero-order valence-corrected chi connectivity index (χ0v) is 30.6. The Kier molecular flexibility index (Phi) is 11.3. The molecule has 0 aromatic heterocycles. The molecule has 3 aliphatic carbocycles. The molecule has 3 saturated carbocycles. The van der Waals surface area contributed by atoms with Crippen molar-refractivity contribution in [1.82, 2.24) is 21.0 Å². The molecule has 270 valence electrons. The van der Waals surface area contributed by atoms with E-state index in [2.05, 4.69) is 36.7 Å². The second-order valence-corrected chi connectivity index (χ2v) is 15.3. The van der Waals surface area contributed by atoms with Crippen LogP contribution >= 0.6 is 0 Å². The highest BCUT2D eigenvalue weighted by molar-refractivity contribution is 5.97. The van der Waals surface area contributed by atoms with E-state index in [-0.39, 0.29) is 42.5 Å². The number of methoxy groups -OCH3 is 1. The van der Waals surface area contributed by atoms with Crippen molar-refractivity contribution in [2.75, 3.05) is 46.3 Å². The van der Waals surface area contributed by atoms with Crippen LogP contribution in [-0.4, -0.2) is 98.8 Å². The SMILES string of the molecule is CNC[C@@H](C)NC(=O)c1cc(-c2cccc(CN3O[C@@H](CO)[C@@H]([C@H](C)O)[C@H]3C(=O)N[C@H]3C[C@H]4C[C@@H]([C@@H]3C)C4(C)C)c2OC)cc(N(C)C)c1. The summed E-state index contributed by atoms with van der Waals surface area (Å²) in [6.07, 6.45) is 0.501. The van der Waals surface area contributed by atoms with E-state index in [0.29, 0.717) is 35.6 Å². The summed E-state index contributed by atoms with van der Waals surface area (Å²) in [6, 6.07) is 10.7. The van der Waals surface area contributed by atoms with Gasteiger partial charge in [0.05, 0.1) is 26.4 Å². The number of anilines is 1. The van der Waals surface area contributed by atoms with Gasteiger partial charge in [0.25, 0.3) is 5.91 Å². The van der Waals surface area contributed by atoms with E-state index in [0.717, 1.165) is 28.8 Å². The van der Waals surface area contributed by atoms with Crippen LogP contribution in [0.3, 0.4) is 0 Å². The molecule has 2 bridgehead atoms. The molecule has 11 nitrogen and oxygen atoms in total. The molecule has 1 aliphatic heterocycles. The number of hydrogen-bond acceptors (Lipinski definition) is 9. The first-order valence-electron chi connectivity index (χ1n) is 17.7. The second kappa shape index (κ2) is 14.9. The lowest BCUT2D eigenvalue weighted by atomic mass is 9.45. The minimum Gasteiger partial charge on any atom is -0.496 e. The van der Waals surface area contributed by atoms with E-state index in [1.54, 1.807) is 19.1 Å². The minimum absolute atomic E-state index is 0.0448. The van der Waals surface area contributed by atoms with Gasteiger partial charge in [-0.1, -0.05) is 39.0 Å². The number of likely N-dealkylation sites (N-methyl/N-ethyl adjacent to an activating group) is 1. The quantitative estimate of drug-likeness (QED) is 0.216. The first-order valence-corrected chi connectivity index (χ1v) is 17.7. The Labute approximate surface area is 291 Å². The molecular formula is C38H57N5O6. The molecule has 9 atom stereocenters. The Bertz CT molecular complexity index is 1500. The molecule has 0 spiro atoms. The molecule has 4 fully saturated rings. The molecule has 2 amide bonds. The van der Waals surface area contributed by atoms with Gasteiger partial charge in [-0.25, -0.2) is 0 Å². The number of rotatable bonds is 13. The summed E-state index contributed by atoms with van der Waals surface area (Å²) in [7, 11) is 7.32. The third kappa shape index (κ3) is 7.32. The van der Waals surface area contributed by atoms with Crippen molar-refractivity contribution in [2.45, 2.75) is 84.3 Å². The van der Waals surface area contributed by atoms with Gasteiger partial charge in [0.15, 0.2) is 0 Å². The number of hydroxylamine groups is 2. The lowest BCUT2D eigenvalue weighted by Crippen LogP contribution is -2.62. The van der Waals surface area contributed by atoms with Gasteiger partial charge in [-0.2, -0.15) is 5.06 Å². The van der Waals surface area contributed by atoms with Gasteiger partial charge in [0.2, 0.25) is 5.91 Å². The second-order valence-electron chi connectivity index (χ2n) is 15.3. The molecule has 2 aromatic rings. The van der Waals surface area contributed by atoms with E-state index in [1.807, 2.05) is 69.4 Å². The highest BCUT2D eigenvalue weighted by Gasteiger charge is 2.57. The van der Waals surface area contributed by atoms with Crippen molar-refractivity contribution in [2.24, 2.45) is 29.1 Å². The molecule has 2 aromatic carbocycles.